The van der Waals surface area contributed by atoms with Gasteiger partial charge in [-0.25, -0.2) is 8.42 Å². The van der Waals surface area contributed by atoms with E-state index in [0.717, 1.165) is 6.42 Å². The first-order valence-electron chi connectivity index (χ1n) is 5.67. The van der Waals surface area contributed by atoms with Crippen LogP contribution in [0.1, 0.15) is 26.0 Å². The summed E-state index contributed by atoms with van der Waals surface area (Å²) in [7, 11) is -1.96. The van der Waals surface area contributed by atoms with Gasteiger partial charge in [-0.3, -0.25) is 0 Å². The molecule has 0 aliphatic heterocycles. The number of nitrogens with two attached hydrogens (primary N) is 1. The van der Waals surface area contributed by atoms with E-state index in [-0.39, 0.29) is 11.6 Å². The number of hydrogen-bond donors (Lipinski definition) is 1. The van der Waals surface area contributed by atoms with Crippen molar-refractivity contribution in [3.63, 3.8) is 0 Å². The normalized spacial score (nSPS) is 14.2. The van der Waals surface area contributed by atoms with E-state index >= 15 is 0 Å². The van der Waals surface area contributed by atoms with E-state index in [4.69, 9.17) is 10.2 Å². The minimum atomic E-state index is -3.52. The van der Waals surface area contributed by atoms with Crippen LogP contribution >= 0.6 is 0 Å². The molecule has 0 fully saturated rings. The van der Waals surface area contributed by atoms with Gasteiger partial charge in [0.05, 0.1) is 6.54 Å². The maximum absolute atomic E-state index is 12.1. The predicted molar refractivity (Wildman–Crippen MR) is 65.9 cm³/mol. The molecule has 2 N–H and O–H groups in total. The second kappa shape index (κ2) is 5.66. The van der Waals surface area contributed by atoms with Crippen molar-refractivity contribution in [3.05, 3.63) is 17.9 Å². The quantitative estimate of drug-likeness (QED) is 0.839. The van der Waals surface area contributed by atoms with Crippen molar-refractivity contribution >= 4 is 10.0 Å². The first-order chi connectivity index (χ1) is 7.91. The maximum atomic E-state index is 12.1. The minimum Gasteiger partial charge on any atom is -0.447 e. The van der Waals surface area contributed by atoms with E-state index in [0.29, 0.717) is 18.2 Å². The van der Waals surface area contributed by atoms with E-state index in [1.165, 1.54) is 10.4 Å². The number of furan rings is 1. The molecule has 0 aromatic carbocycles. The van der Waals surface area contributed by atoms with Crippen molar-refractivity contribution in [2.75, 3.05) is 13.6 Å². The molecule has 1 unspecified atom stereocenters. The fourth-order valence-corrected chi connectivity index (χ4v) is 2.64. The molecule has 1 heterocycles. The van der Waals surface area contributed by atoms with Gasteiger partial charge in [-0.15, -0.1) is 0 Å². The molecule has 1 aromatic heterocycles. The second-order valence-electron chi connectivity index (χ2n) is 4.22. The Hall–Kier alpha value is -0.850. The summed E-state index contributed by atoms with van der Waals surface area (Å²) in [5.74, 6) is 0.791. The highest BCUT2D eigenvalue weighted by atomic mass is 32.2. The van der Waals surface area contributed by atoms with E-state index in [1.54, 1.807) is 13.1 Å². The molecule has 5 nitrogen and oxygen atoms in total. The van der Waals surface area contributed by atoms with E-state index in [2.05, 4.69) is 0 Å². The molecule has 0 saturated carbocycles. The Morgan fingerprint density at radius 2 is 2.12 bits per heavy atom. The molecule has 6 heteroatoms. The minimum absolute atomic E-state index is 0.0382. The molecule has 0 saturated heterocycles. The van der Waals surface area contributed by atoms with Gasteiger partial charge >= 0.3 is 0 Å². The van der Waals surface area contributed by atoms with E-state index in [9.17, 15) is 8.42 Å². The average Bonchev–Trinajstić information content (AvgIpc) is 2.77. The summed E-state index contributed by atoms with van der Waals surface area (Å²) in [5, 5.41) is -0.0382. The fourth-order valence-electron chi connectivity index (χ4n) is 1.43. The van der Waals surface area contributed by atoms with Crippen LogP contribution < -0.4 is 5.73 Å². The van der Waals surface area contributed by atoms with E-state index in [1.807, 2.05) is 13.8 Å². The summed E-state index contributed by atoms with van der Waals surface area (Å²) in [6.07, 6.45) is 0.937. The van der Waals surface area contributed by atoms with E-state index < -0.39 is 10.0 Å². The Bertz CT molecular complexity index is 453. The zero-order chi connectivity index (χ0) is 13.1. The number of rotatable bonds is 6. The second-order valence-corrected chi connectivity index (χ2v) is 6.20. The van der Waals surface area contributed by atoms with Gasteiger partial charge in [0.15, 0.2) is 0 Å². The summed E-state index contributed by atoms with van der Waals surface area (Å²) in [6.45, 7) is 4.73. The van der Waals surface area contributed by atoms with Crippen LogP contribution in [0.3, 0.4) is 0 Å². The van der Waals surface area contributed by atoms with Gasteiger partial charge in [0.25, 0.3) is 10.0 Å². The van der Waals surface area contributed by atoms with Crippen LogP contribution in [0.2, 0.25) is 0 Å². The molecule has 1 aromatic rings. The van der Waals surface area contributed by atoms with Gasteiger partial charge in [0.2, 0.25) is 5.09 Å². The Morgan fingerprint density at radius 3 is 2.59 bits per heavy atom. The lowest BCUT2D eigenvalue weighted by atomic mass is 10.1. The zero-order valence-electron chi connectivity index (χ0n) is 10.5. The Kier molecular flexibility index (Phi) is 4.73. The molecule has 98 valence electrons. The molecule has 0 aliphatic carbocycles. The van der Waals surface area contributed by atoms with Gasteiger partial charge in [0, 0.05) is 13.6 Å². The third-order valence-corrected chi connectivity index (χ3v) is 4.47. The van der Waals surface area contributed by atoms with Crippen molar-refractivity contribution in [2.45, 2.75) is 31.9 Å². The van der Waals surface area contributed by atoms with Gasteiger partial charge in [0.1, 0.15) is 5.76 Å². The van der Waals surface area contributed by atoms with Gasteiger partial charge < -0.3 is 10.2 Å². The summed E-state index contributed by atoms with van der Waals surface area (Å²) < 4.78 is 30.7. The lowest BCUT2D eigenvalue weighted by molar-refractivity contribution is 0.363. The lowest BCUT2D eigenvalue weighted by Crippen LogP contribution is -2.30. The monoisotopic (exact) mass is 260 g/mol. The van der Waals surface area contributed by atoms with Crippen LogP contribution in [0.25, 0.3) is 0 Å². The van der Waals surface area contributed by atoms with Crippen LogP contribution in [0, 0.1) is 5.92 Å². The van der Waals surface area contributed by atoms with Crippen molar-refractivity contribution < 1.29 is 12.8 Å². The van der Waals surface area contributed by atoms with Crippen LogP contribution in [-0.2, 0) is 16.6 Å². The van der Waals surface area contributed by atoms with Crippen LogP contribution in [0.4, 0.5) is 0 Å². The third kappa shape index (κ3) is 3.31. The number of hydrogen-bond acceptors (Lipinski definition) is 4. The molecule has 1 atom stereocenters. The summed E-state index contributed by atoms with van der Waals surface area (Å²) in [6, 6.07) is 3.04. The third-order valence-electron chi connectivity index (χ3n) is 2.77. The van der Waals surface area contributed by atoms with Crippen LogP contribution in [0.5, 0.6) is 0 Å². The SMILES string of the molecule is CCC(C)CN(C)S(=O)(=O)c1ccc(CN)o1. The zero-order valence-corrected chi connectivity index (χ0v) is 11.3. The Balaban J connectivity index is 2.87. The van der Waals surface area contributed by atoms with Gasteiger partial charge in [-0.05, 0) is 18.1 Å². The summed E-state index contributed by atoms with van der Waals surface area (Å²) in [5.41, 5.74) is 5.38. The van der Waals surface area contributed by atoms with Crippen molar-refractivity contribution in [1.29, 1.82) is 0 Å². The molecule has 0 aliphatic rings. The molecule has 0 amide bonds. The highest BCUT2D eigenvalue weighted by Crippen LogP contribution is 2.18. The van der Waals surface area contributed by atoms with Crippen LogP contribution in [-0.4, -0.2) is 26.3 Å². The Morgan fingerprint density at radius 1 is 1.47 bits per heavy atom. The Labute approximate surface area is 103 Å². The van der Waals surface area contributed by atoms with Gasteiger partial charge in [-0.2, -0.15) is 4.31 Å². The predicted octanol–water partition coefficient (Wildman–Crippen LogP) is 1.40. The maximum Gasteiger partial charge on any atom is 0.276 e. The highest BCUT2D eigenvalue weighted by molar-refractivity contribution is 7.89. The molecule has 1 rings (SSSR count). The standard InChI is InChI=1S/C11H20N2O3S/c1-4-9(2)8-13(3)17(14,15)11-6-5-10(7-12)16-11/h5-6,9H,4,7-8,12H2,1-3H3. The molecular formula is C11H20N2O3S. The largest absolute Gasteiger partial charge is 0.447 e. The molecular weight excluding hydrogens is 240 g/mol. The number of sulfonamides is 1. The first kappa shape index (κ1) is 14.2. The average molecular weight is 260 g/mol. The van der Waals surface area contributed by atoms with Crippen molar-refractivity contribution in [1.82, 2.24) is 4.31 Å². The number of nitrogens with zero attached hydrogens (tertiary/aromatic N) is 1. The first-order valence-corrected chi connectivity index (χ1v) is 7.11. The van der Waals surface area contributed by atoms with Crippen molar-refractivity contribution in [2.24, 2.45) is 11.7 Å². The lowest BCUT2D eigenvalue weighted by Gasteiger charge is -2.18. The van der Waals surface area contributed by atoms with Gasteiger partial charge in [-0.1, -0.05) is 20.3 Å². The summed E-state index contributed by atoms with van der Waals surface area (Å²) in [4.78, 5) is 0. The van der Waals surface area contributed by atoms with Crippen molar-refractivity contribution in [3.8, 4) is 0 Å². The molecule has 0 spiro atoms. The smallest absolute Gasteiger partial charge is 0.276 e. The highest BCUT2D eigenvalue weighted by Gasteiger charge is 2.25. The molecule has 0 bridgehead atoms. The summed E-state index contributed by atoms with van der Waals surface area (Å²) >= 11 is 0. The fraction of sp³-hybridized carbons (Fsp3) is 0.636. The molecule has 0 radical (unpaired) electrons. The topological polar surface area (TPSA) is 76.5 Å². The molecule has 17 heavy (non-hydrogen) atoms. The van der Waals surface area contributed by atoms with Crippen LogP contribution in [0.15, 0.2) is 21.6 Å².